The number of carbonyl (C=O) groups is 2. The molecular formula is C8H16N2O2S. The highest BCUT2D eigenvalue weighted by Crippen LogP contribution is 1.96. The first-order chi connectivity index (χ1) is 6.02. The molecule has 0 rings (SSSR count). The summed E-state index contributed by atoms with van der Waals surface area (Å²) in [7, 11) is 0. The molecule has 0 aromatic heterocycles. The van der Waals surface area contributed by atoms with E-state index in [1.165, 1.54) is 0 Å². The van der Waals surface area contributed by atoms with E-state index in [9.17, 15) is 9.59 Å². The zero-order valence-corrected chi connectivity index (χ0v) is 9.02. The Morgan fingerprint density at radius 2 is 1.85 bits per heavy atom. The number of hydrogen-bond donors (Lipinski definition) is 3. The third kappa shape index (κ3) is 4.17. The average Bonchev–Trinajstić information content (AvgIpc) is 2.12. The molecule has 1 atom stereocenters. The van der Waals surface area contributed by atoms with Crippen molar-refractivity contribution in [3.05, 3.63) is 0 Å². The summed E-state index contributed by atoms with van der Waals surface area (Å²) < 4.78 is 2.20. The van der Waals surface area contributed by atoms with Crippen molar-refractivity contribution in [3.63, 3.8) is 0 Å². The van der Waals surface area contributed by atoms with E-state index in [2.05, 4.69) is 22.9 Å². The molecule has 2 N–H and O–H groups in total. The van der Waals surface area contributed by atoms with Gasteiger partial charge in [-0.2, -0.15) is 0 Å². The quantitative estimate of drug-likeness (QED) is 0.584. The van der Waals surface area contributed by atoms with Crippen LogP contribution in [0.25, 0.3) is 0 Å². The van der Waals surface area contributed by atoms with Crippen LogP contribution in [-0.4, -0.2) is 17.9 Å². The number of thiol groups is 1. The molecule has 0 radical (unpaired) electrons. The Balaban J connectivity index is 4.13. The van der Waals surface area contributed by atoms with E-state index in [1.54, 1.807) is 13.8 Å². The SMILES string of the molecule is CCC(NC(=O)C(C)C)C(=O)NS. The van der Waals surface area contributed by atoms with Gasteiger partial charge in [0.15, 0.2) is 0 Å². The lowest BCUT2D eigenvalue weighted by atomic mass is 10.1. The lowest BCUT2D eigenvalue weighted by Crippen LogP contribution is -2.45. The van der Waals surface area contributed by atoms with Gasteiger partial charge in [-0.05, 0) is 6.42 Å². The second-order valence-electron chi connectivity index (χ2n) is 3.10. The van der Waals surface area contributed by atoms with Crippen molar-refractivity contribution in [2.45, 2.75) is 33.2 Å². The van der Waals surface area contributed by atoms with E-state index in [0.29, 0.717) is 6.42 Å². The first kappa shape index (κ1) is 12.3. The maximum atomic E-state index is 11.2. The van der Waals surface area contributed by atoms with Crippen LogP contribution in [0.1, 0.15) is 27.2 Å². The van der Waals surface area contributed by atoms with Crippen LogP contribution in [0.4, 0.5) is 0 Å². The molecule has 0 aromatic rings. The van der Waals surface area contributed by atoms with Crippen molar-refractivity contribution in [2.75, 3.05) is 0 Å². The molecule has 76 valence electrons. The molecule has 0 heterocycles. The summed E-state index contributed by atoms with van der Waals surface area (Å²) in [4.78, 5) is 22.3. The highest BCUT2D eigenvalue weighted by molar-refractivity contribution is 7.78. The number of hydrogen-bond acceptors (Lipinski definition) is 3. The highest BCUT2D eigenvalue weighted by Gasteiger charge is 2.18. The second-order valence-corrected chi connectivity index (χ2v) is 3.32. The smallest absolute Gasteiger partial charge is 0.252 e. The van der Waals surface area contributed by atoms with Crippen LogP contribution >= 0.6 is 12.8 Å². The van der Waals surface area contributed by atoms with Crippen LogP contribution < -0.4 is 10.0 Å². The number of nitrogens with one attached hydrogen (secondary N) is 2. The van der Waals surface area contributed by atoms with Gasteiger partial charge >= 0.3 is 0 Å². The molecular weight excluding hydrogens is 188 g/mol. The van der Waals surface area contributed by atoms with Crippen LogP contribution in [0, 0.1) is 5.92 Å². The van der Waals surface area contributed by atoms with Crippen molar-refractivity contribution in [3.8, 4) is 0 Å². The largest absolute Gasteiger partial charge is 0.344 e. The minimum Gasteiger partial charge on any atom is -0.344 e. The highest BCUT2D eigenvalue weighted by atomic mass is 32.1. The van der Waals surface area contributed by atoms with Gasteiger partial charge in [0.2, 0.25) is 5.91 Å². The number of rotatable bonds is 4. The molecule has 13 heavy (non-hydrogen) atoms. The fourth-order valence-electron chi connectivity index (χ4n) is 0.769. The van der Waals surface area contributed by atoms with Crippen LogP contribution in [-0.2, 0) is 9.59 Å². The zero-order valence-electron chi connectivity index (χ0n) is 8.13. The Hall–Kier alpha value is -0.710. The second kappa shape index (κ2) is 5.85. The maximum Gasteiger partial charge on any atom is 0.252 e. The van der Waals surface area contributed by atoms with E-state index in [4.69, 9.17) is 0 Å². The van der Waals surface area contributed by atoms with E-state index in [-0.39, 0.29) is 17.7 Å². The zero-order chi connectivity index (χ0) is 10.4. The Morgan fingerprint density at radius 1 is 1.31 bits per heavy atom. The van der Waals surface area contributed by atoms with Gasteiger partial charge in [-0.25, -0.2) is 0 Å². The summed E-state index contributed by atoms with van der Waals surface area (Å²) in [6, 6.07) is -0.479. The van der Waals surface area contributed by atoms with Crippen LogP contribution in [0.5, 0.6) is 0 Å². The Labute approximate surface area is 84.0 Å². The van der Waals surface area contributed by atoms with Gasteiger partial charge in [-0.1, -0.05) is 33.6 Å². The minimum atomic E-state index is -0.479. The summed E-state index contributed by atoms with van der Waals surface area (Å²) in [5.74, 6) is -0.509. The van der Waals surface area contributed by atoms with Gasteiger partial charge in [0, 0.05) is 5.92 Å². The van der Waals surface area contributed by atoms with Gasteiger partial charge in [0.1, 0.15) is 6.04 Å². The molecule has 0 aromatic carbocycles. The standard InChI is InChI=1S/C8H16N2O2S/c1-4-6(8(12)10-13)9-7(11)5(2)3/h5-6,13H,4H2,1-3H3,(H,9,11)(H,10,12). The van der Waals surface area contributed by atoms with Crippen molar-refractivity contribution in [1.29, 1.82) is 0 Å². The Bertz CT molecular complexity index is 195. The molecule has 2 amide bonds. The molecule has 0 fully saturated rings. The van der Waals surface area contributed by atoms with Crippen molar-refractivity contribution >= 4 is 24.6 Å². The lowest BCUT2D eigenvalue weighted by Gasteiger charge is -2.16. The average molecular weight is 204 g/mol. The van der Waals surface area contributed by atoms with E-state index in [1.807, 2.05) is 6.92 Å². The van der Waals surface area contributed by atoms with E-state index >= 15 is 0 Å². The maximum absolute atomic E-state index is 11.2. The monoisotopic (exact) mass is 204 g/mol. The molecule has 1 unspecified atom stereocenters. The third-order valence-electron chi connectivity index (χ3n) is 1.68. The summed E-state index contributed by atoms with van der Waals surface area (Å²) >= 11 is 3.63. The fraction of sp³-hybridized carbons (Fsp3) is 0.750. The van der Waals surface area contributed by atoms with Gasteiger partial charge in [-0.3, -0.25) is 9.59 Å². The number of carbonyl (C=O) groups excluding carboxylic acids is 2. The van der Waals surface area contributed by atoms with Gasteiger partial charge in [0.25, 0.3) is 5.91 Å². The normalized spacial score (nSPS) is 12.4. The predicted molar refractivity (Wildman–Crippen MR) is 54.2 cm³/mol. The molecule has 0 spiro atoms. The summed E-state index contributed by atoms with van der Waals surface area (Å²) in [6.45, 7) is 5.38. The Morgan fingerprint density at radius 3 is 2.15 bits per heavy atom. The van der Waals surface area contributed by atoms with Crippen LogP contribution in [0.15, 0.2) is 0 Å². The first-order valence-corrected chi connectivity index (χ1v) is 4.72. The molecule has 0 aliphatic rings. The molecule has 0 saturated carbocycles. The molecule has 0 saturated heterocycles. The predicted octanol–water partition coefficient (Wildman–Crippen LogP) is 0.498. The van der Waals surface area contributed by atoms with Gasteiger partial charge in [-0.15, -0.1) is 0 Å². The molecule has 5 heteroatoms. The first-order valence-electron chi connectivity index (χ1n) is 4.27. The number of amides is 2. The fourth-order valence-corrected chi connectivity index (χ4v) is 0.925. The Kier molecular flexibility index (Phi) is 5.53. The summed E-state index contributed by atoms with van der Waals surface area (Å²) in [5.41, 5.74) is 0. The summed E-state index contributed by atoms with van der Waals surface area (Å²) in [5, 5.41) is 2.62. The molecule has 0 aliphatic heterocycles. The van der Waals surface area contributed by atoms with Crippen LogP contribution in [0.3, 0.4) is 0 Å². The van der Waals surface area contributed by atoms with Crippen LogP contribution in [0.2, 0.25) is 0 Å². The molecule has 4 nitrogen and oxygen atoms in total. The third-order valence-corrected chi connectivity index (χ3v) is 1.90. The van der Waals surface area contributed by atoms with Gasteiger partial charge < -0.3 is 10.0 Å². The summed E-state index contributed by atoms with van der Waals surface area (Å²) in [6.07, 6.45) is 0.560. The molecule has 0 bridgehead atoms. The van der Waals surface area contributed by atoms with Gasteiger partial charge in [0.05, 0.1) is 0 Å². The molecule has 0 aliphatic carbocycles. The van der Waals surface area contributed by atoms with Crippen molar-refractivity contribution in [2.24, 2.45) is 5.92 Å². The minimum absolute atomic E-state index is 0.109. The van der Waals surface area contributed by atoms with E-state index < -0.39 is 6.04 Å². The topological polar surface area (TPSA) is 58.2 Å². The lowest BCUT2D eigenvalue weighted by molar-refractivity contribution is -0.129. The van der Waals surface area contributed by atoms with E-state index in [0.717, 1.165) is 0 Å². The van der Waals surface area contributed by atoms with Crippen molar-refractivity contribution in [1.82, 2.24) is 10.0 Å². The van der Waals surface area contributed by atoms with Crippen molar-refractivity contribution < 1.29 is 9.59 Å².